The number of benzene rings is 1. The zero-order chi connectivity index (χ0) is 37.1. The van der Waals surface area contributed by atoms with E-state index in [1.807, 2.05) is 6.08 Å². The molecule has 1 unspecified atom stereocenters. The Hall–Kier alpha value is -2.35. The van der Waals surface area contributed by atoms with Gasteiger partial charge >= 0.3 is 11.9 Å². The van der Waals surface area contributed by atoms with Crippen molar-refractivity contribution in [3.63, 3.8) is 0 Å². The molecule has 8 heteroatoms. The molecule has 0 spiro atoms. The molecule has 0 aromatic heterocycles. The normalized spacial score (nSPS) is 22.6. The summed E-state index contributed by atoms with van der Waals surface area (Å²) in [4.78, 5) is 24.6. The summed E-state index contributed by atoms with van der Waals surface area (Å²) in [6, 6.07) is 4.88. The maximum atomic E-state index is 12.7. The van der Waals surface area contributed by atoms with Gasteiger partial charge in [0.15, 0.2) is 0 Å². The highest BCUT2D eigenvalue weighted by Crippen LogP contribution is 2.48. The molecule has 2 aliphatic rings. The number of esters is 1. The van der Waals surface area contributed by atoms with Gasteiger partial charge < -0.3 is 24.8 Å². The number of aliphatic hydroxyl groups is 2. The van der Waals surface area contributed by atoms with Crippen LogP contribution in [-0.2, 0) is 9.53 Å². The smallest absolute Gasteiger partial charge is 0.336 e. The van der Waals surface area contributed by atoms with Crippen molar-refractivity contribution in [1.29, 1.82) is 0 Å². The molecule has 0 amide bonds. The van der Waals surface area contributed by atoms with Gasteiger partial charge in [0.25, 0.3) is 0 Å². The SMILES string of the molecule is CCCCCCCCCCCCOc1ccc(C(=O)O)c(C(C)OC(=O)CCC/C=C\C[C@@H]2[C@@H](/C=C/C[C@H](O)C3(CC)CCC3)[C@H](O)C[C@H]2Cl)c1. The molecule has 288 valence electrons. The number of alkyl halides is 1. The van der Waals surface area contributed by atoms with Crippen molar-refractivity contribution < 1.29 is 34.4 Å². The number of carboxylic acids is 1. The number of hydrogen-bond acceptors (Lipinski definition) is 6. The molecule has 2 saturated carbocycles. The average Bonchev–Trinajstić information content (AvgIpc) is 3.35. The fraction of sp³-hybridized carbons (Fsp3) is 0.721. The molecule has 1 aromatic carbocycles. The first kappa shape index (κ1) is 43.1. The Morgan fingerprint density at radius 2 is 1.67 bits per heavy atom. The third kappa shape index (κ3) is 14.2. The minimum absolute atomic E-state index is 0.0425. The summed E-state index contributed by atoms with van der Waals surface area (Å²) in [7, 11) is 0. The molecular formula is C43H67ClO7. The number of carbonyl (C=O) groups excluding carboxylic acids is 1. The molecule has 0 radical (unpaired) electrons. The van der Waals surface area contributed by atoms with E-state index >= 15 is 0 Å². The molecule has 6 atom stereocenters. The third-order valence-electron chi connectivity index (χ3n) is 11.4. The lowest BCUT2D eigenvalue weighted by atomic mass is 9.63. The molecule has 0 saturated heterocycles. The Labute approximate surface area is 313 Å². The largest absolute Gasteiger partial charge is 0.494 e. The topological polar surface area (TPSA) is 113 Å². The molecule has 7 nitrogen and oxygen atoms in total. The number of ether oxygens (including phenoxy) is 2. The fourth-order valence-electron chi connectivity index (χ4n) is 7.83. The van der Waals surface area contributed by atoms with Gasteiger partial charge in [-0.05, 0) is 94.2 Å². The van der Waals surface area contributed by atoms with Crippen molar-refractivity contribution in [2.45, 2.75) is 173 Å². The summed E-state index contributed by atoms with van der Waals surface area (Å²) in [5.41, 5.74) is 0.594. The summed E-state index contributed by atoms with van der Waals surface area (Å²) in [5, 5.41) is 31.1. The van der Waals surface area contributed by atoms with Gasteiger partial charge in [0.2, 0.25) is 0 Å². The quantitative estimate of drug-likeness (QED) is 0.0376. The van der Waals surface area contributed by atoms with Crippen LogP contribution in [0.5, 0.6) is 5.75 Å². The first-order valence-electron chi connectivity index (χ1n) is 20.1. The van der Waals surface area contributed by atoms with Crippen molar-refractivity contribution in [3.8, 4) is 5.75 Å². The third-order valence-corrected chi connectivity index (χ3v) is 11.9. The first-order valence-corrected chi connectivity index (χ1v) is 20.6. The Balaban J connectivity index is 1.37. The lowest BCUT2D eigenvalue weighted by molar-refractivity contribution is -0.148. The van der Waals surface area contributed by atoms with Crippen molar-refractivity contribution in [1.82, 2.24) is 0 Å². The number of hydrogen-bond donors (Lipinski definition) is 3. The molecule has 3 rings (SSSR count). The van der Waals surface area contributed by atoms with Crippen LogP contribution in [0, 0.1) is 17.3 Å². The molecule has 1 aromatic rings. The second-order valence-corrected chi connectivity index (χ2v) is 15.7. The molecule has 51 heavy (non-hydrogen) atoms. The van der Waals surface area contributed by atoms with Crippen LogP contribution in [0.4, 0.5) is 0 Å². The Morgan fingerprint density at radius 1 is 0.980 bits per heavy atom. The standard InChI is InChI=1S/C43H67ClO7/c1-4-6-7-8-9-10-11-12-15-18-29-50-33-25-26-36(42(48)49)37(30-33)32(3)51-41(47)24-17-14-13-16-21-34-35(39(45)31-38(34)44)22-19-23-40(46)43(5-2)27-20-28-43/h13,16,19,22,25-26,30,32,34-35,38-40,45-46H,4-12,14-15,17-18,20-21,23-24,27-29,31H2,1-3H3,(H,48,49)/b16-13-,22-19+/t32?,34-,35-,38-,39-,40+/m1/s1. The number of carboxylic acid groups (broad SMARTS) is 1. The summed E-state index contributed by atoms with van der Waals surface area (Å²) in [5.74, 6) is -0.787. The number of unbranched alkanes of at least 4 members (excludes halogenated alkanes) is 10. The van der Waals surface area contributed by atoms with Crippen LogP contribution in [0.15, 0.2) is 42.5 Å². The second kappa shape index (κ2) is 23.3. The lowest BCUT2D eigenvalue weighted by Gasteiger charge is -2.45. The Bertz CT molecular complexity index is 1220. The van der Waals surface area contributed by atoms with E-state index in [0.29, 0.717) is 43.6 Å². The molecule has 2 fully saturated rings. The maximum Gasteiger partial charge on any atom is 0.336 e. The van der Waals surface area contributed by atoms with E-state index < -0.39 is 18.2 Å². The molecular weight excluding hydrogens is 664 g/mol. The van der Waals surface area contributed by atoms with E-state index in [1.54, 1.807) is 19.1 Å². The van der Waals surface area contributed by atoms with Gasteiger partial charge in [-0.2, -0.15) is 0 Å². The predicted molar refractivity (Wildman–Crippen MR) is 206 cm³/mol. The number of halogens is 1. The highest BCUT2D eigenvalue weighted by atomic mass is 35.5. The van der Waals surface area contributed by atoms with Gasteiger partial charge in [0, 0.05) is 23.3 Å². The van der Waals surface area contributed by atoms with E-state index in [9.17, 15) is 24.9 Å². The van der Waals surface area contributed by atoms with Crippen LogP contribution in [0.2, 0.25) is 0 Å². The van der Waals surface area contributed by atoms with Crippen LogP contribution >= 0.6 is 11.6 Å². The summed E-state index contributed by atoms with van der Waals surface area (Å²) in [6.45, 7) is 6.66. The summed E-state index contributed by atoms with van der Waals surface area (Å²) >= 11 is 6.64. The van der Waals surface area contributed by atoms with Gasteiger partial charge in [0.05, 0.1) is 24.4 Å². The van der Waals surface area contributed by atoms with Gasteiger partial charge in [-0.1, -0.05) is 102 Å². The Kier molecular flexibility index (Phi) is 19.7. The van der Waals surface area contributed by atoms with E-state index in [2.05, 4.69) is 32.1 Å². The van der Waals surface area contributed by atoms with E-state index in [4.69, 9.17) is 21.1 Å². The van der Waals surface area contributed by atoms with Crippen molar-refractivity contribution >= 4 is 23.5 Å². The second-order valence-electron chi connectivity index (χ2n) is 15.1. The minimum Gasteiger partial charge on any atom is -0.494 e. The molecule has 0 aliphatic heterocycles. The lowest BCUT2D eigenvalue weighted by Crippen LogP contribution is -2.40. The number of carbonyl (C=O) groups is 2. The van der Waals surface area contributed by atoms with Crippen LogP contribution in [-0.4, -0.2) is 51.5 Å². The highest BCUT2D eigenvalue weighted by Gasteiger charge is 2.42. The van der Waals surface area contributed by atoms with Crippen LogP contribution in [0.3, 0.4) is 0 Å². The number of aromatic carboxylic acids is 1. The summed E-state index contributed by atoms with van der Waals surface area (Å²) in [6.07, 6.45) is 26.9. The highest BCUT2D eigenvalue weighted by molar-refractivity contribution is 6.21. The van der Waals surface area contributed by atoms with Gasteiger partial charge in [-0.25, -0.2) is 4.79 Å². The first-order chi connectivity index (χ1) is 24.6. The molecule has 0 heterocycles. The number of rotatable bonds is 26. The number of allylic oxidation sites excluding steroid dienone is 2. The van der Waals surface area contributed by atoms with Crippen LogP contribution < -0.4 is 4.74 Å². The van der Waals surface area contributed by atoms with Crippen molar-refractivity contribution in [3.05, 3.63) is 53.6 Å². The monoisotopic (exact) mass is 730 g/mol. The van der Waals surface area contributed by atoms with Crippen molar-refractivity contribution in [2.24, 2.45) is 17.3 Å². The fourth-order valence-corrected chi connectivity index (χ4v) is 8.28. The van der Waals surface area contributed by atoms with Gasteiger partial charge in [0.1, 0.15) is 11.9 Å². The van der Waals surface area contributed by atoms with E-state index in [1.165, 1.54) is 63.9 Å². The number of aliphatic hydroxyl groups excluding tert-OH is 2. The van der Waals surface area contributed by atoms with E-state index in [0.717, 1.165) is 38.5 Å². The average molecular weight is 731 g/mol. The van der Waals surface area contributed by atoms with Crippen LogP contribution in [0.25, 0.3) is 0 Å². The predicted octanol–water partition coefficient (Wildman–Crippen LogP) is 10.9. The zero-order valence-electron chi connectivity index (χ0n) is 31.7. The summed E-state index contributed by atoms with van der Waals surface area (Å²) < 4.78 is 11.6. The Morgan fingerprint density at radius 3 is 2.29 bits per heavy atom. The zero-order valence-corrected chi connectivity index (χ0v) is 32.5. The minimum atomic E-state index is -1.07. The van der Waals surface area contributed by atoms with E-state index in [-0.39, 0.29) is 46.7 Å². The van der Waals surface area contributed by atoms with Crippen LogP contribution in [0.1, 0.15) is 171 Å². The van der Waals surface area contributed by atoms with Gasteiger partial charge in [-0.3, -0.25) is 4.79 Å². The molecule has 0 bridgehead atoms. The maximum absolute atomic E-state index is 12.7. The molecule has 2 aliphatic carbocycles. The van der Waals surface area contributed by atoms with Gasteiger partial charge in [-0.15, -0.1) is 11.6 Å². The van der Waals surface area contributed by atoms with Crippen molar-refractivity contribution in [2.75, 3.05) is 6.61 Å². The molecule has 3 N–H and O–H groups in total.